The summed E-state index contributed by atoms with van der Waals surface area (Å²) in [6, 6.07) is 15.6. The molecular formula is C65H83B2F11N4NaO9S. The number of hydrogen-bond acceptors (Lipinski definition) is 11. The quantitative estimate of drug-likeness (QED) is 0.0857. The average Bonchev–Trinajstić information content (AvgIpc) is 1.56. The number of carbonyl (C=O) groups is 2. The molecule has 93 heavy (non-hydrogen) atoms. The largest absolute Gasteiger partial charge is 1.00 e. The number of alkyl halides is 3. The first-order valence-electron chi connectivity index (χ1n) is 29.8. The van der Waals surface area contributed by atoms with Crippen molar-refractivity contribution in [3.63, 3.8) is 0 Å². The normalized spacial score (nSPS) is 21.0. The molecule has 5 aliphatic rings. The molecule has 507 valence electrons. The van der Waals surface area contributed by atoms with Crippen molar-refractivity contribution in [2.75, 3.05) is 26.2 Å². The molecule has 28 heteroatoms. The predicted octanol–water partition coefficient (Wildman–Crippen LogP) is 12.8. The van der Waals surface area contributed by atoms with Gasteiger partial charge in [0.15, 0.2) is 46.5 Å². The van der Waals surface area contributed by atoms with E-state index < -0.39 is 110 Å². The van der Waals surface area contributed by atoms with Crippen molar-refractivity contribution in [2.45, 2.75) is 169 Å². The monoisotopic (exact) mass is 1350 g/mol. The van der Waals surface area contributed by atoms with E-state index in [0.29, 0.717) is 40.7 Å². The van der Waals surface area contributed by atoms with E-state index in [1.807, 2.05) is 40.7 Å². The Kier molecular flexibility index (Phi) is 29.9. The molecule has 3 radical (unpaired) electrons. The van der Waals surface area contributed by atoms with Crippen LogP contribution < -0.4 is 40.3 Å². The van der Waals surface area contributed by atoms with Gasteiger partial charge in [-0.15, -0.1) is 0 Å². The van der Waals surface area contributed by atoms with Crippen LogP contribution in [0.5, 0.6) is 0 Å². The molecule has 5 aliphatic heterocycles. The number of hydrogen-bond donors (Lipinski definition) is 1. The minimum atomic E-state index is -5.84. The van der Waals surface area contributed by atoms with Crippen LogP contribution in [-0.2, 0) is 33.1 Å². The van der Waals surface area contributed by atoms with Gasteiger partial charge in [-0.25, -0.2) is 49.6 Å². The second-order valence-corrected chi connectivity index (χ2v) is 27.8. The molecule has 13 nitrogen and oxygen atoms in total. The topological polar surface area (TPSA) is 145 Å². The Morgan fingerprint density at radius 2 is 1.08 bits per heavy atom. The maximum atomic E-state index is 13.5. The fraction of sp³-hybridized carbons (Fsp3) is 0.523. The van der Waals surface area contributed by atoms with Gasteiger partial charge >= 0.3 is 64.5 Å². The van der Waals surface area contributed by atoms with E-state index in [2.05, 4.69) is 28.3 Å². The van der Waals surface area contributed by atoms with Gasteiger partial charge < -0.3 is 29.7 Å². The minimum Gasteiger partial charge on any atom is -1.00 e. The zero-order valence-electron chi connectivity index (χ0n) is 56.3. The van der Waals surface area contributed by atoms with Gasteiger partial charge in [-0.1, -0.05) is 52.0 Å². The molecule has 5 unspecified atom stereocenters. The van der Waals surface area contributed by atoms with Crippen LogP contribution >= 0.6 is 0 Å². The number of nitrogens with one attached hydrogen (secondary N) is 1. The number of piperidine rings is 1. The van der Waals surface area contributed by atoms with Gasteiger partial charge in [0.1, 0.15) is 11.2 Å². The number of halogens is 11. The summed E-state index contributed by atoms with van der Waals surface area (Å²) in [4.78, 5) is 31.0. The van der Waals surface area contributed by atoms with Crippen molar-refractivity contribution in [3.05, 3.63) is 154 Å². The number of benzene rings is 4. The Labute approximate surface area is 565 Å². The molecule has 5 atom stereocenters. The van der Waals surface area contributed by atoms with Gasteiger partial charge in [-0.3, -0.25) is 9.89 Å². The van der Waals surface area contributed by atoms with Crippen LogP contribution in [0.15, 0.2) is 95.8 Å². The molecule has 4 aromatic rings. The van der Waals surface area contributed by atoms with Gasteiger partial charge in [0.25, 0.3) is 0 Å². The minimum absolute atomic E-state index is 0. The summed E-state index contributed by atoms with van der Waals surface area (Å²) in [6.07, 6.45) is 6.65. The predicted molar refractivity (Wildman–Crippen MR) is 333 cm³/mol. The van der Waals surface area contributed by atoms with Gasteiger partial charge in [0, 0.05) is 45.4 Å². The van der Waals surface area contributed by atoms with Gasteiger partial charge in [-0.05, 0) is 215 Å². The Balaban J connectivity index is 0.000000400. The smallest absolute Gasteiger partial charge is 1.00 e. The first-order chi connectivity index (χ1) is 42.0. The Morgan fingerprint density at radius 1 is 0.613 bits per heavy atom. The fourth-order valence-electron chi connectivity index (χ4n) is 9.32. The molecule has 1 N–H and O–H groups in total. The van der Waals surface area contributed by atoms with E-state index >= 15 is 0 Å². The van der Waals surface area contributed by atoms with Crippen molar-refractivity contribution in [2.24, 2.45) is 28.7 Å². The van der Waals surface area contributed by atoms with Crippen molar-refractivity contribution >= 4 is 54.7 Å². The maximum Gasteiger partial charge on any atom is 1.00 e. The third-order valence-corrected chi connectivity index (χ3v) is 16.0. The van der Waals surface area contributed by atoms with E-state index in [0.717, 1.165) is 97.8 Å². The maximum absolute atomic E-state index is 13.5. The van der Waals surface area contributed by atoms with Crippen LogP contribution in [0.25, 0.3) is 5.70 Å². The number of carbonyl (C=O) groups excluding carboxylic acids is 2. The molecule has 2 fully saturated rings. The Hall–Kier alpha value is -5.44. The summed E-state index contributed by atoms with van der Waals surface area (Å²) in [5, 5.41) is 3.34. The molecule has 2 saturated heterocycles. The average molecular weight is 1350 g/mol. The van der Waals surface area contributed by atoms with Crippen LogP contribution in [0.2, 0.25) is 0 Å². The third-order valence-electron chi connectivity index (χ3n) is 15.1. The van der Waals surface area contributed by atoms with Gasteiger partial charge in [-0.2, -0.15) is 21.6 Å². The van der Waals surface area contributed by atoms with Gasteiger partial charge in [0.05, 0.1) is 16.9 Å². The Bertz CT molecular complexity index is 3390. The second-order valence-electron chi connectivity index (χ2n) is 26.2. The zero-order valence-corrected chi connectivity index (χ0v) is 58.1. The Morgan fingerprint density at radius 3 is 1.54 bits per heavy atom. The summed E-state index contributed by atoms with van der Waals surface area (Å²) >= 11 is 0. The van der Waals surface area contributed by atoms with Crippen LogP contribution in [0.3, 0.4) is 0 Å². The van der Waals surface area contributed by atoms with E-state index in [-0.39, 0.29) is 70.2 Å². The summed E-state index contributed by atoms with van der Waals surface area (Å²) in [6.45, 7) is 28.1. The third kappa shape index (κ3) is 24.3. The molecule has 0 aliphatic carbocycles. The number of rotatable bonds is 6. The van der Waals surface area contributed by atoms with Crippen molar-refractivity contribution in [1.82, 2.24) is 15.1 Å². The van der Waals surface area contributed by atoms with Crippen LogP contribution in [-0.4, -0.2) is 106 Å². The first-order valence-corrected chi connectivity index (χ1v) is 31.2. The molecule has 4 aromatic carbocycles. The van der Waals surface area contributed by atoms with Crippen LogP contribution in [0.4, 0.5) is 57.9 Å². The SMILES string of the molecule is CC1(C)OB(c2ccc(F)c(F)c2)OC1(C)C.CC1CC=C(OS(=O)(=O)C(F)(F)F)N(C(=O)OC(C)(C)C)C1.CC1CC=C(c2ccc(F)c(F)c2)N(C(=O)OC(C)(C)C)C1.CC1CCC(c2ccc(F)c(F)c2)=NC1.CC1CCC(c2ccc(F)c(F)c2)NC1.[B].[H-].[Na+]. The molecule has 5 heterocycles. The second kappa shape index (κ2) is 34.0. The number of amides is 2. The fourth-order valence-corrected chi connectivity index (χ4v) is 9.79. The van der Waals surface area contributed by atoms with Crippen LogP contribution in [0.1, 0.15) is 160 Å². The van der Waals surface area contributed by atoms with E-state index in [1.165, 1.54) is 35.2 Å². The summed E-state index contributed by atoms with van der Waals surface area (Å²) in [5.41, 5.74) is -4.07. The van der Waals surface area contributed by atoms with Crippen LogP contribution in [0, 0.1) is 70.2 Å². The molecule has 0 bridgehead atoms. The van der Waals surface area contributed by atoms with E-state index in [1.54, 1.807) is 60.6 Å². The molecular weight excluding hydrogens is 1270 g/mol. The number of allylic oxidation sites excluding steroid dienone is 2. The van der Waals surface area contributed by atoms with Gasteiger partial charge in [0.2, 0.25) is 5.88 Å². The van der Waals surface area contributed by atoms with Crippen molar-refractivity contribution in [1.29, 1.82) is 0 Å². The summed E-state index contributed by atoms with van der Waals surface area (Å²) < 4.78 is 189. The number of ether oxygens (including phenoxy) is 2. The molecule has 2 amide bonds. The summed E-state index contributed by atoms with van der Waals surface area (Å²) in [7, 11) is -6.50. The molecule has 0 saturated carbocycles. The van der Waals surface area contributed by atoms with Crippen molar-refractivity contribution < 1.29 is 120 Å². The molecule has 0 spiro atoms. The first kappa shape index (κ1) is 81.8. The number of nitrogens with zero attached hydrogens (tertiary/aromatic N) is 3. The number of aliphatic imine (C=N–C) groups is 1. The van der Waals surface area contributed by atoms with E-state index in [9.17, 15) is 66.3 Å². The standard InChI is InChI=1S/C17H21F2NO2.C12H15BF2O2.C12H18F3NO5S.C12H15F2N.C12H13F2N.B.Na.H/c1-11-5-8-15(12-6-7-13(18)14(19)9-12)20(10-11)16(21)22-17(2,3)4;1-11(2)12(3,4)17-13(16-11)8-5-6-9(14)10(15)7-8;1-8-5-6-9(21-22(18,19)12(13,14)15)16(7-8)10(17)20-11(2,3)4;2*1-8-2-5-12(15-7-8)9-3-4-10(13)11(14)6-9;;;/h6-9,11H,5,10H2,1-4H3;5-7H,1-4H3;6,8H,5,7H2,1-4H3;3-4,6,8,12,15H,2,5,7H2,1H3;3-4,6,8H,2,5,7H2,1H3;;;/q;;;;;;+1;-1. The van der Waals surface area contributed by atoms with Crippen molar-refractivity contribution in [3.8, 4) is 0 Å². The molecule has 0 aromatic heterocycles. The van der Waals surface area contributed by atoms with E-state index in [4.69, 9.17) is 18.8 Å². The zero-order chi connectivity index (χ0) is 68.4. The summed E-state index contributed by atoms with van der Waals surface area (Å²) in [5.74, 6) is -5.94. The molecule has 9 rings (SSSR count).